The van der Waals surface area contributed by atoms with Crippen LogP contribution >= 0.6 is 11.3 Å². The van der Waals surface area contributed by atoms with E-state index in [-0.39, 0.29) is 36.9 Å². The summed E-state index contributed by atoms with van der Waals surface area (Å²) in [6.45, 7) is 3.34. The highest BCUT2D eigenvalue weighted by molar-refractivity contribution is 7.14. The molecule has 1 aromatic carbocycles. The van der Waals surface area contributed by atoms with Gasteiger partial charge in [-0.2, -0.15) is 0 Å². The smallest absolute Gasteiger partial charge is 0.306 e. The average molecular weight is 387 g/mol. The number of Topliss-reactive ketones (excluding diaryl/α,β-unsaturated/α-hetero) is 2. The molecular formula is C20H21NO5S. The third-order valence-corrected chi connectivity index (χ3v) is 4.87. The van der Waals surface area contributed by atoms with Crippen molar-refractivity contribution >= 4 is 34.8 Å². The predicted molar refractivity (Wildman–Crippen MR) is 102 cm³/mol. The molecule has 1 heterocycles. The maximum Gasteiger partial charge on any atom is 0.306 e. The minimum Gasteiger partial charge on any atom is -0.457 e. The first-order valence-corrected chi connectivity index (χ1v) is 9.28. The van der Waals surface area contributed by atoms with Gasteiger partial charge in [0.2, 0.25) is 11.7 Å². The number of hydrogen-bond donors (Lipinski definition) is 1. The number of nitrogens with one attached hydrogen (secondary N) is 1. The van der Waals surface area contributed by atoms with Crippen LogP contribution in [0.2, 0.25) is 0 Å². The Morgan fingerprint density at radius 2 is 1.67 bits per heavy atom. The molecule has 142 valence electrons. The van der Waals surface area contributed by atoms with Gasteiger partial charge >= 0.3 is 5.97 Å². The minimum absolute atomic E-state index is 0.0376. The molecule has 0 atom stereocenters. The van der Waals surface area contributed by atoms with E-state index in [2.05, 4.69) is 5.32 Å². The van der Waals surface area contributed by atoms with Crippen LogP contribution < -0.4 is 5.32 Å². The Bertz CT molecular complexity index is 838. The second kappa shape index (κ2) is 9.78. The van der Waals surface area contributed by atoms with Gasteiger partial charge in [-0.3, -0.25) is 19.2 Å². The van der Waals surface area contributed by atoms with Crippen molar-refractivity contribution < 1.29 is 23.9 Å². The van der Waals surface area contributed by atoms with E-state index in [0.717, 1.165) is 10.4 Å². The van der Waals surface area contributed by atoms with Crippen molar-refractivity contribution in [2.24, 2.45) is 0 Å². The second-order valence-electron chi connectivity index (χ2n) is 6.05. The summed E-state index contributed by atoms with van der Waals surface area (Å²) < 4.78 is 4.97. The first-order valence-electron chi connectivity index (χ1n) is 8.47. The van der Waals surface area contributed by atoms with E-state index in [9.17, 15) is 19.2 Å². The maximum atomic E-state index is 12.1. The van der Waals surface area contributed by atoms with Gasteiger partial charge in [0.15, 0.2) is 12.4 Å². The molecule has 0 radical (unpaired) electrons. The van der Waals surface area contributed by atoms with Crippen LogP contribution in [-0.2, 0) is 20.9 Å². The number of ether oxygens (including phenoxy) is 1. The number of ketones is 2. The molecule has 1 aromatic heterocycles. The number of carbonyl (C=O) groups is 4. The summed E-state index contributed by atoms with van der Waals surface area (Å²) in [5.74, 6) is -1.18. The molecule has 2 rings (SSSR count). The second-order valence-corrected chi connectivity index (χ2v) is 7.22. The summed E-state index contributed by atoms with van der Waals surface area (Å²) in [5.41, 5.74) is 1.60. The number of amides is 1. The molecule has 0 fully saturated rings. The molecule has 0 aliphatic rings. The zero-order chi connectivity index (χ0) is 19.8. The number of benzene rings is 1. The lowest BCUT2D eigenvalue weighted by molar-refractivity contribution is -0.142. The summed E-state index contributed by atoms with van der Waals surface area (Å²) in [6, 6.07) is 10.5. The van der Waals surface area contributed by atoms with E-state index in [1.165, 1.54) is 18.3 Å². The molecule has 6 nitrogen and oxygen atoms in total. The third kappa shape index (κ3) is 6.79. The van der Waals surface area contributed by atoms with Crippen LogP contribution in [0.15, 0.2) is 36.4 Å². The van der Waals surface area contributed by atoms with Crippen LogP contribution in [0.25, 0.3) is 0 Å². The molecule has 0 saturated carbocycles. The molecule has 1 N–H and O–H groups in total. The van der Waals surface area contributed by atoms with Crippen LogP contribution in [0.1, 0.15) is 50.2 Å². The highest BCUT2D eigenvalue weighted by Crippen LogP contribution is 2.17. The first kappa shape index (κ1) is 20.5. The van der Waals surface area contributed by atoms with Gasteiger partial charge < -0.3 is 10.1 Å². The Morgan fingerprint density at radius 3 is 2.33 bits per heavy atom. The number of aryl methyl sites for hydroxylation is 1. The Hall–Kier alpha value is -2.80. The fraction of sp³-hybridized carbons (Fsp3) is 0.300. The molecule has 0 bridgehead atoms. The Morgan fingerprint density at radius 1 is 0.963 bits per heavy atom. The minimum atomic E-state index is -0.584. The van der Waals surface area contributed by atoms with E-state index in [1.54, 1.807) is 24.3 Å². The van der Waals surface area contributed by atoms with Gasteiger partial charge in [0.1, 0.15) is 0 Å². The summed E-state index contributed by atoms with van der Waals surface area (Å²) >= 11 is 1.24. The zero-order valence-corrected chi connectivity index (χ0v) is 16.1. The average Bonchev–Trinajstić information content (AvgIpc) is 3.12. The fourth-order valence-corrected chi connectivity index (χ4v) is 3.09. The van der Waals surface area contributed by atoms with Crippen LogP contribution in [0.5, 0.6) is 0 Å². The molecule has 0 unspecified atom stereocenters. The lowest BCUT2D eigenvalue weighted by Gasteiger charge is -2.04. The standard InChI is InChI=1S/C20H21NO5S/c1-13-3-5-15(6-4-13)17(23)8-10-20(25)26-12-18(24)19-9-7-16(27-19)11-21-14(2)22/h3-7,9H,8,10-12H2,1-2H3,(H,21,22). The van der Waals surface area contributed by atoms with Gasteiger partial charge in [0.25, 0.3) is 0 Å². The van der Waals surface area contributed by atoms with Crippen LogP contribution in [0, 0.1) is 6.92 Å². The highest BCUT2D eigenvalue weighted by atomic mass is 32.1. The van der Waals surface area contributed by atoms with Gasteiger partial charge in [0, 0.05) is 23.8 Å². The first-order chi connectivity index (χ1) is 12.8. The Labute approximate surface area is 161 Å². The van der Waals surface area contributed by atoms with Gasteiger partial charge in [0.05, 0.1) is 17.8 Å². The Kier molecular flexibility index (Phi) is 7.43. The van der Waals surface area contributed by atoms with Crippen molar-refractivity contribution in [1.29, 1.82) is 0 Å². The summed E-state index contributed by atoms with van der Waals surface area (Å²) in [6.07, 6.45) is -0.0336. The zero-order valence-electron chi connectivity index (χ0n) is 15.2. The molecule has 0 spiro atoms. The van der Waals surface area contributed by atoms with Crippen LogP contribution in [-0.4, -0.2) is 30.0 Å². The van der Waals surface area contributed by atoms with Crippen LogP contribution in [0.4, 0.5) is 0 Å². The van der Waals surface area contributed by atoms with Crippen molar-refractivity contribution in [2.45, 2.75) is 33.2 Å². The number of thiophene rings is 1. The van der Waals surface area contributed by atoms with Crippen molar-refractivity contribution in [3.63, 3.8) is 0 Å². The van der Waals surface area contributed by atoms with Crippen molar-refractivity contribution in [3.05, 3.63) is 57.3 Å². The van der Waals surface area contributed by atoms with Gasteiger partial charge in [-0.25, -0.2) is 0 Å². The monoisotopic (exact) mass is 387 g/mol. The number of esters is 1. The van der Waals surface area contributed by atoms with Gasteiger partial charge in [-0.1, -0.05) is 29.8 Å². The lowest BCUT2D eigenvalue weighted by Crippen LogP contribution is -2.18. The van der Waals surface area contributed by atoms with Crippen molar-refractivity contribution in [3.8, 4) is 0 Å². The van der Waals surface area contributed by atoms with Gasteiger partial charge in [-0.05, 0) is 19.1 Å². The molecule has 27 heavy (non-hydrogen) atoms. The summed E-state index contributed by atoms with van der Waals surface area (Å²) in [5, 5.41) is 2.65. The molecule has 0 saturated heterocycles. The summed E-state index contributed by atoms with van der Waals surface area (Å²) in [4.78, 5) is 48.1. The molecule has 2 aromatic rings. The highest BCUT2D eigenvalue weighted by Gasteiger charge is 2.14. The van der Waals surface area contributed by atoms with Crippen LogP contribution in [0.3, 0.4) is 0 Å². The normalized spacial score (nSPS) is 10.3. The topological polar surface area (TPSA) is 89.5 Å². The van der Waals surface area contributed by atoms with E-state index in [1.807, 2.05) is 19.1 Å². The number of carbonyl (C=O) groups excluding carboxylic acids is 4. The maximum absolute atomic E-state index is 12.1. The Balaban J connectivity index is 1.74. The van der Waals surface area contributed by atoms with Gasteiger partial charge in [-0.15, -0.1) is 11.3 Å². The molecule has 0 aliphatic carbocycles. The van der Waals surface area contributed by atoms with E-state index in [4.69, 9.17) is 4.74 Å². The molecule has 7 heteroatoms. The largest absolute Gasteiger partial charge is 0.457 e. The van der Waals surface area contributed by atoms with E-state index in [0.29, 0.717) is 17.0 Å². The number of rotatable bonds is 9. The predicted octanol–water partition coefficient (Wildman–Crippen LogP) is 3.08. The SMILES string of the molecule is CC(=O)NCc1ccc(C(=O)COC(=O)CCC(=O)c2ccc(C)cc2)s1. The quantitative estimate of drug-likeness (QED) is 0.528. The molecule has 1 amide bonds. The summed E-state index contributed by atoms with van der Waals surface area (Å²) in [7, 11) is 0. The lowest BCUT2D eigenvalue weighted by atomic mass is 10.1. The molecular weight excluding hydrogens is 366 g/mol. The number of hydrogen-bond acceptors (Lipinski definition) is 6. The third-order valence-electron chi connectivity index (χ3n) is 3.74. The van der Waals surface area contributed by atoms with E-state index < -0.39 is 5.97 Å². The van der Waals surface area contributed by atoms with Crippen molar-refractivity contribution in [2.75, 3.05) is 6.61 Å². The van der Waals surface area contributed by atoms with Crippen molar-refractivity contribution in [1.82, 2.24) is 5.32 Å². The fourth-order valence-electron chi connectivity index (χ4n) is 2.22. The molecule has 0 aliphatic heterocycles. The van der Waals surface area contributed by atoms with E-state index >= 15 is 0 Å².